The van der Waals surface area contributed by atoms with Crippen molar-refractivity contribution in [3.05, 3.63) is 58.7 Å². The Morgan fingerprint density at radius 3 is 2.61 bits per heavy atom. The van der Waals surface area contributed by atoms with Crippen LogP contribution in [0.2, 0.25) is 0 Å². The summed E-state index contributed by atoms with van der Waals surface area (Å²) in [6.07, 6.45) is 2.27. The van der Waals surface area contributed by atoms with E-state index in [9.17, 15) is 0 Å². The average Bonchev–Trinajstić information content (AvgIpc) is 2.93. The lowest BCUT2D eigenvalue weighted by atomic mass is 9.85. The molecule has 0 aromatic heterocycles. The molecule has 3 nitrogen and oxygen atoms in total. The van der Waals surface area contributed by atoms with Gasteiger partial charge in [-0.15, -0.1) is 0 Å². The number of nitrogens with one attached hydrogen (secondary N) is 1. The molecule has 2 atom stereocenters. The fourth-order valence-corrected chi connectivity index (χ4v) is 4.29. The summed E-state index contributed by atoms with van der Waals surface area (Å²) in [6.45, 7) is 2.03. The third-order valence-electron chi connectivity index (χ3n) is 5.31. The predicted octanol–water partition coefficient (Wildman–Crippen LogP) is 3.47. The van der Waals surface area contributed by atoms with Gasteiger partial charge in [-0.1, -0.05) is 30.3 Å². The molecule has 0 bridgehead atoms. The van der Waals surface area contributed by atoms with E-state index in [1.54, 1.807) is 14.2 Å². The second-order valence-corrected chi connectivity index (χ2v) is 6.45. The summed E-state index contributed by atoms with van der Waals surface area (Å²) in [6, 6.07) is 13.0. The first kappa shape index (κ1) is 14.6. The summed E-state index contributed by atoms with van der Waals surface area (Å²) in [5.41, 5.74) is 5.64. The van der Waals surface area contributed by atoms with E-state index in [0.717, 1.165) is 31.0 Å². The first-order chi connectivity index (χ1) is 11.3. The summed E-state index contributed by atoms with van der Waals surface area (Å²) >= 11 is 0. The summed E-state index contributed by atoms with van der Waals surface area (Å²) in [5, 5.41) is 3.67. The maximum atomic E-state index is 5.69. The molecule has 23 heavy (non-hydrogen) atoms. The van der Waals surface area contributed by atoms with E-state index in [1.165, 1.54) is 28.7 Å². The van der Waals surface area contributed by atoms with Crippen LogP contribution in [-0.2, 0) is 6.42 Å². The molecule has 0 saturated carbocycles. The molecule has 0 fully saturated rings. The van der Waals surface area contributed by atoms with Crippen molar-refractivity contribution in [2.45, 2.75) is 24.7 Å². The van der Waals surface area contributed by atoms with Gasteiger partial charge in [-0.25, -0.2) is 0 Å². The first-order valence-corrected chi connectivity index (χ1v) is 8.36. The second-order valence-electron chi connectivity index (χ2n) is 6.45. The molecule has 1 N–H and O–H groups in total. The van der Waals surface area contributed by atoms with Gasteiger partial charge in [0.15, 0.2) is 11.5 Å². The average molecular weight is 309 g/mol. The monoisotopic (exact) mass is 309 g/mol. The van der Waals surface area contributed by atoms with Gasteiger partial charge < -0.3 is 14.8 Å². The lowest BCUT2D eigenvalue weighted by molar-refractivity contribution is 0.351. The number of ether oxygens (including phenoxy) is 2. The fourth-order valence-electron chi connectivity index (χ4n) is 4.29. The van der Waals surface area contributed by atoms with E-state index in [0.29, 0.717) is 11.8 Å². The van der Waals surface area contributed by atoms with Crippen molar-refractivity contribution in [2.75, 3.05) is 27.3 Å². The summed E-state index contributed by atoms with van der Waals surface area (Å²) in [7, 11) is 3.48. The van der Waals surface area contributed by atoms with Crippen molar-refractivity contribution in [3.8, 4) is 11.5 Å². The number of rotatable bonds is 3. The Morgan fingerprint density at radius 1 is 1.04 bits per heavy atom. The van der Waals surface area contributed by atoms with Crippen molar-refractivity contribution in [2.24, 2.45) is 0 Å². The van der Waals surface area contributed by atoms with Crippen LogP contribution in [0.3, 0.4) is 0 Å². The molecule has 1 aliphatic carbocycles. The van der Waals surface area contributed by atoms with E-state index in [2.05, 4.69) is 41.7 Å². The first-order valence-electron chi connectivity index (χ1n) is 8.36. The summed E-state index contributed by atoms with van der Waals surface area (Å²) < 4.78 is 11.3. The normalized spacial score (nSPS) is 22.3. The minimum absolute atomic E-state index is 0.368. The molecule has 2 aromatic rings. The Hall–Kier alpha value is -2.00. The second kappa shape index (κ2) is 5.89. The predicted molar refractivity (Wildman–Crippen MR) is 91.8 cm³/mol. The lowest BCUT2D eigenvalue weighted by Crippen LogP contribution is -2.22. The molecule has 0 amide bonds. The van der Waals surface area contributed by atoms with Crippen LogP contribution in [0.4, 0.5) is 0 Å². The zero-order valence-corrected chi connectivity index (χ0v) is 13.8. The fraction of sp³-hybridized carbons (Fsp3) is 0.400. The zero-order chi connectivity index (χ0) is 15.8. The maximum absolute atomic E-state index is 5.69. The van der Waals surface area contributed by atoms with Crippen LogP contribution < -0.4 is 14.8 Å². The van der Waals surface area contributed by atoms with Gasteiger partial charge in [0.1, 0.15) is 0 Å². The topological polar surface area (TPSA) is 30.5 Å². The van der Waals surface area contributed by atoms with Gasteiger partial charge in [0.25, 0.3) is 0 Å². The molecular weight excluding hydrogens is 286 g/mol. The Bertz CT molecular complexity index is 711. The highest BCUT2D eigenvalue weighted by atomic mass is 16.5. The highest BCUT2D eigenvalue weighted by Gasteiger charge is 2.35. The molecule has 4 rings (SSSR count). The van der Waals surface area contributed by atoms with Gasteiger partial charge in [-0.2, -0.15) is 0 Å². The van der Waals surface area contributed by atoms with Gasteiger partial charge in [0, 0.05) is 24.6 Å². The molecule has 2 aromatic carbocycles. The van der Waals surface area contributed by atoms with E-state index in [1.807, 2.05) is 0 Å². The molecule has 0 radical (unpaired) electrons. The number of methoxy groups -OCH3 is 2. The minimum Gasteiger partial charge on any atom is -0.493 e. The maximum Gasteiger partial charge on any atom is 0.164 e. The van der Waals surface area contributed by atoms with Crippen LogP contribution >= 0.6 is 0 Å². The largest absolute Gasteiger partial charge is 0.493 e. The van der Waals surface area contributed by atoms with Crippen LogP contribution in [0.15, 0.2) is 36.4 Å². The molecule has 120 valence electrons. The molecule has 0 spiro atoms. The summed E-state index contributed by atoms with van der Waals surface area (Å²) in [5.74, 6) is 2.76. The van der Waals surface area contributed by atoms with Gasteiger partial charge >= 0.3 is 0 Å². The van der Waals surface area contributed by atoms with E-state index in [4.69, 9.17) is 9.47 Å². The molecular formula is C20H23NO2. The van der Waals surface area contributed by atoms with Crippen molar-refractivity contribution in [3.63, 3.8) is 0 Å². The van der Waals surface area contributed by atoms with Crippen LogP contribution in [-0.4, -0.2) is 27.3 Å². The Balaban J connectivity index is 1.93. The van der Waals surface area contributed by atoms with Crippen LogP contribution in [0.1, 0.15) is 40.5 Å². The molecule has 1 heterocycles. The van der Waals surface area contributed by atoms with Gasteiger partial charge in [0.2, 0.25) is 0 Å². The standard InChI is InChI=1S/C20H23NO2/c1-22-18-10-16-17(13-6-4-3-5-7-13)12-21-11-14-8-9-15(19(14)16)20(18)23-2/h3-7,10,14,17,21H,8-9,11-12H2,1-2H3. The molecule has 3 heteroatoms. The quantitative estimate of drug-likeness (QED) is 0.942. The Labute approximate surface area is 137 Å². The number of benzene rings is 2. The van der Waals surface area contributed by atoms with E-state index >= 15 is 0 Å². The van der Waals surface area contributed by atoms with Crippen molar-refractivity contribution >= 4 is 0 Å². The third kappa shape index (κ3) is 2.31. The highest BCUT2D eigenvalue weighted by molar-refractivity contribution is 5.60. The third-order valence-corrected chi connectivity index (χ3v) is 5.31. The molecule has 2 aliphatic rings. The van der Waals surface area contributed by atoms with Gasteiger partial charge in [-0.3, -0.25) is 0 Å². The van der Waals surface area contributed by atoms with Crippen LogP contribution in [0.25, 0.3) is 0 Å². The molecule has 2 unspecified atom stereocenters. The smallest absolute Gasteiger partial charge is 0.164 e. The zero-order valence-electron chi connectivity index (χ0n) is 13.8. The van der Waals surface area contributed by atoms with E-state index < -0.39 is 0 Å². The van der Waals surface area contributed by atoms with Crippen molar-refractivity contribution in [1.29, 1.82) is 0 Å². The SMILES string of the molecule is COc1cc2c3c(c1OC)CCC3CNCC2c1ccccc1. The summed E-state index contributed by atoms with van der Waals surface area (Å²) in [4.78, 5) is 0. The number of hydrogen-bond donors (Lipinski definition) is 1. The molecule has 0 saturated heterocycles. The van der Waals surface area contributed by atoms with Gasteiger partial charge in [-0.05, 0) is 41.5 Å². The number of hydrogen-bond acceptors (Lipinski definition) is 3. The van der Waals surface area contributed by atoms with Crippen molar-refractivity contribution < 1.29 is 9.47 Å². The van der Waals surface area contributed by atoms with Crippen LogP contribution in [0.5, 0.6) is 11.5 Å². The van der Waals surface area contributed by atoms with Crippen molar-refractivity contribution in [1.82, 2.24) is 5.32 Å². The Kier molecular flexibility index (Phi) is 3.74. The van der Waals surface area contributed by atoms with Crippen LogP contribution in [0, 0.1) is 0 Å². The van der Waals surface area contributed by atoms with Gasteiger partial charge in [0.05, 0.1) is 14.2 Å². The van der Waals surface area contributed by atoms with E-state index in [-0.39, 0.29) is 0 Å². The lowest BCUT2D eigenvalue weighted by Gasteiger charge is -2.22. The minimum atomic E-state index is 0.368. The Morgan fingerprint density at radius 2 is 1.87 bits per heavy atom. The molecule has 1 aliphatic heterocycles. The highest BCUT2D eigenvalue weighted by Crippen LogP contribution is 2.49.